The van der Waals surface area contributed by atoms with Gasteiger partial charge in [-0.15, -0.1) is 0 Å². The molecule has 3 heteroatoms. The molecule has 1 aliphatic rings. The van der Waals surface area contributed by atoms with Gasteiger partial charge in [0.15, 0.2) is 0 Å². The second-order valence-electron chi connectivity index (χ2n) is 5.27. The van der Waals surface area contributed by atoms with Gasteiger partial charge in [0.25, 0.3) is 0 Å². The van der Waals surface area contributed by atoms with E-state index >= 15 is 0 Å². The summed E-state index contributed by atoms with van der Waals surface area (Å²) in [4.78, 5) is 12.0. The maximum Gasteiger partial charge on any atom is 0.338 e. The van der Waals surface area contributed by atoms with E-state index in [1.165, 1.54) is 11.1 Å². The summed E-state index contributed by atoms with van der Waals surface area (Å²) >= 11 is 0. The Morgan fingerprint density at radius 1 is 1.14 bits per heavy atom. The van der Waals surface area contributed by atoms with Gasteiger partial charge in [0, 0.05) is 12.2 Å². The Bertz CT molecular complexity index is 622. The summed E-state index contributed by atoms with van der Waals surface area (Å²) in [6.07, 6.45) is 2.76. The van der Waals surface area contributed by atoms with Crippen LogP contribution in [0.25, 0.3) is 0 Å². The van der Waals surface area contributed by atoms with Crippen LogP contribution in [-0.2, 0) is 17.6 Å². The van der Waals surface area contributed by atoms with Gasteiger partial charge in [-0.1, -0.05) is 30.3 Å². The zero-order chi connectivity index (χ0) is 14.5. The second kappa shape index (κ2) is 6.44. The van der Waals surface area contributed by atoms with Crippen molar-refractivity contribution in [3.63, 3.8) is 0 Å². The fourth-order valence-electron chi connectivity index (χ4n) is 2.60. The van der Waals surface area contributed by atoms with E-state index in [0.717, 1.165) is 31.5 Å². The number of carbonyl (C=O) groups is 1. The van der Waals surface area contributed by atoms with Crippen LogP contribution in [0.2, 0.25) is 0 Å². The number of ether oxygens (including phenoxy) is 1. The predicted molar refractivity (Wildman–Crippen MR) is 83.7 cm³/mol. The molecule has 0 radical (unpaired) electrons. The molecule has 0 spiro atoms. The van der Waals surface area contributed by atoms with Crippen molar-refractivity contribution >= 4 is 11.7 Å². The Balaban J connectivity index is 1.48. The molecule has 0 aromatic heterocycles. The van der Waals surface area contributed by atoms with Crippen LogP contribution < -0.4 is 5.32 Å². The molecule has 0 saturated carbocycles. The molecule has 0 fully saturated rings. The van der Waals surface area contributed by atoms with E-state index < -0.39 is 0 Å². The highest BCUT2D eigenvalue weighted by Crippen LogP contribution is 2.23. The highest BCUT2D eigenvalue weighted by atomic mass is 16.5. The van der Waals surface area contributed by atoms with Crippen molar-refractivity contribution in [2.24, 2.45) is 0 Å². The first-order chi connectivity index (χ1) is 10.3. The van der Waals surface area contributed by atoms with Crippen LogP contribution in [0.4, 0.5) is 5.69 Å². The summed E-state index contributed by atoms with van der Waals surface area (Å²) < 4.78 is 5.35. The van der Waals surface area contributed by atoms with Crippen molar-refractivity contribution in [2.75, 3.05) is 18.5 Å². The molecule has 0 aliphatic carbocycles. The van der Waals surface area contributed by atoms with Gasteiger partial charge < -0.3 is 10.1 Å². The van der Waals surface area contributed by atoms with Crippen molar-refractivity contribution in [2.45, 2.75) is 19.3 Å². The maximum atomic E-state index is 12.0. The lowest BCUT2D eigenvalue weighted by Crippen LogP contribution is -2.07. The summed E-state index contributed by atoms with van der Waals surface area (Å²) in [6.45, 7) is 1.41. The monoisotopic (exact) mass is 281 g/mol. The molecule has 0 atom stereocenters. The molecule has 1 heterocycles. The Morgan fingerprint density at radius 3 is 2.86 bits per heavy atom. The van der Waals surface area contributed by atoms with E-state index in [4.69, 9.17) is 4.74 Å². The normalized spacial score (nSPS) is 12.6. The molecule has 2 aromatic carbocycles. The van der Waals surface area contributed by atoms with E-state index in [9.17, 15) is 4.79 Å². The van der Waals surface area contributed by atoms with Crippen molar-refractivity contribution < 1.29 is 9.53 Å². The van der Waals surface area contributed by atoms with Gasteiger partial charge in [-0.2, -0.15) is 0 Å². The molecule has 0 bridgehead atoms. The number of carbonyl (C=O) groups excluding carboxylic acids is 1. The average Bonchev–Trinajstić information content (AvgIpc) is 3.00. The third kappa shape index (κ3) is 3.43. The molecule has 21 heavy (non-hydrogen) atoms. The fraction of sp³-hybridized carbons (Fsp3) is 0.278. The third-order valence-electron chi connectivity index (χ3n) is 3.74. The first kappa shape index (κ1) is 13.7. The molecule has 0 unspecified atom stereocenters. The second-order valence-corrected chi connectivity index (χ2v) is 5.27. The fourth-order valence-corrected chi connectivity index (χ4v) is 2.60. The molecule has 0 amide bonds. The summed E-state index contributed by atoms with van der Waals surface area (Å²) in [5, 5.41) is 3.28. The Kier molecular flexibility index (Phi) is 4.20. The number of benzene rings is 2. The topological polar surface area (TPSA) is 38.3 Å². The molecule has 3 nitrogen and oxygen atoms in total. The number of hydrogen-bond donors (Lipinski definition) is 1. The Morgan fingerprint density at radius 2 is 2.00 bits per heavy atom. The first-order valence-corrected chi connectivity index (χ1v) is 7.41. The predicted octanol–water partition coefficient (Wildman–Crippen LogP) is 3.44. The molecule has 2 aromatic rings. The average molecular weight is 281 g/mol. The van der Waals surface area contributed by atoms with Crippen molar-refractivity contribution in [1.82, 2.24) is 0 Å². The van der Waals surface area contributed by atoms with E-state index in [-0.39, 0.29) is 5.97 Å². The van der Waals surface area contributed by atoms with Crippen molar-refractivity contribution in [1.29, 1.82) is 0 Å². The van der Waals surface area contributed by atoms with E-state index in [1.54, 1.807) is 0 Å². The minimum absolute atomic E-state index is 0.224. The number of esters is 1. The lowest BCUT2D eigenvalue weighted by Gasteiger charge is -2.06. The smallest absolute Gasteiger partial charge is 0.338 e. The molecule has 108 valence electrons. The van der Waals surface area contributed by atoms with Crippen LogP contribution >= 0.6 is 0 Å². The van der Waals surface area contributed by atoms with Crippen LogP contribution in [0.3, 0.4) is 0 Å². The summed E-state index contributed by atoms with van der Waals surface area (Å²) in [7, 11) is 0. The highest BCUT2D eigenvalue weighted by Gasteiger charge is 2.14. The molecular formula is C18H19NO2. The Labute approximate surface area is 124 Å². The number of rotatable bonds is 5. The van der Waals surface area contributed by atoms with Crippen LogP contribution in [-0.4, -0.2) is 19.1 Å². The van der Waals surface area contributed by atoms with Crippen LogP contribution in [0.1, 0.15) is 27.9 Å². The molecular weight excluding hydrogens is 262 g/mol. The lowest BCUT2D eigenvalue weighted by atomic mass is 10.1. The minimum atomic E-state index is -0.224. The maximum absolute atomic E-state index is 12.0. The molecule has 1 aliphatic heterocycles. The van der Waals surface area contributed by atoms with Crippen LogP contribution in [0.5, 0.6) is 0 Å². The van der Waals surface area contributed by atoms with Gasteiger partial charge in [-0.3, -0.25) is 0 Å². The van der Waals surface area contributed by atoms with Gasteiger partial charge in [0.1, 0.15) is 0 Å². The minimum Gasteiger partial charge on any atom is -0.462 e. The first-order valence-electron chi connectivity index (χ1n) is 7.41. The molecule has 0 saturated heterocycles. The van der Waals surface area contributed by atoms with E-state index in [1.807, 2.05) is 36.4 Å². The van der Waals surface area contributed by atoms with Gasteiger partial charge in [-0.25, -0.2) is 4.79 Å². The quantitative estimate of drug-likeness (QED) is 0.674. The molecule has 3 rings (SSSR count). The van der Waals surface area contributed by atoms with Crippen molar-refractivity contribution in [3.05, 3.63) is 65.2 Å². The highest BCUT2D eigenvalue weighted by molar-refractivity contribution is 5.90. The molecule has 1 N–H and O–H groups in total. The number of aryl methyl sites for hydroxylation is 1. The summed E-state index contributed by atoms with van der Waals surface area (Å²) in [5.41, 5.74) is 4.26. The van der Waals surface area contributed by atoms with Gasteiger partial charge >= 0.3 is 5.97 Å². The lowest BCUT2D eigenvalue weighted by molar-refractivity contribution is 0.0500. The van der Waals surface area contributed by atoms with E-state index in [2.05, 4.69) is 17.4 Å². The number of anilines is 1. The Hall–Kier alpha value is -2.29. The van der Waals surface area contributed by atoms with Gasteiger partial charge in [0.05, 0.1) is 12.2 Å². The van der Waals surface area contributed by atoms with Crippen LogP contribution in [0, 0.1) is 0 Å². The largest absolute Gasteiger partial charge is 0.462 e. The van der Waals surface area contributed by atoms with E-state index in [0.29, 0.717) is 12.2 Å². The zero-order valence-corrected chi connectivity index (χ0v) is 12.0. The zero-order valence-electron chi connectivity index (χ0n) is 12.0. The third-order valence-corrected chi connectivity index (χ3v) is 3.74. The number of nitrogens with one attached hydrogen (secondary N) is 1. The standard InChI is InChI=1S/C18H19NO2/c20-18(16-8-9-17-15(13-16)10-11-19-17)21-12-4-7-14-5-2-1-3-6-14/h1-3,5-6,8-9,13,19H,4,7,10-12H2. The summed E-state index contributed by atoms with van der Waals surface area (Å²) in [6, 6.07) is 16.0. The summed E-state index contributed by atoms with van der Waals surface area (Å²) in [5.74, 6) is -0.224. The van der Waals surface area contributed by atoms with Gasteiger partial charge in [0.2, 0.25) is 0 Å². The SMILES string of the molecule is O=C(OCCCc1ccccc1)c1ccc2c(c1)CCN2. The number of fused-ring (bicyclic) bond motifs is 1. The van der Waals surface area contributed by atoms with Gasteiger partial charge in [-0.05, 0) is 48.6 Å². The van der Waals surface area contributed by atoms with Crippen molar-refractivity contribution in [3.8, 4) is 0 Å². The van der Waals surface area contributed by atoms with Crippen LogP contribution in [0.15, 0.2) is 48.5 Å². The number of hydrogen-bond acceptors (Lipinski definition) is 3.